The Morgan fingerprint density at radius 3 is 2.75 bits per heavy atom. The Kier molecular flexibility index (Phi) is 5.81. The zero-order valence-corrected chi connectivity index (χ0v) is 10.9. The van der Waals surface area contributed by atoms with Gasteiger partial charge in [0.1, 0.15) is 0 Å². The summed E-state index contributed by atoms with van der Waals surface area (Å²) in [5.41, 5.74) is 0. The maximum Gasteiger partial charge on any atom is 0.220 e. The molecule has 3 heteroatoms. The van der Waals surface area contributed by atoms with E-state index in [4.69, 9.17) is 0 Å². The van der Waals surface area contributed by atoms with Crippen molar-refractivity contribution in [1.29, 1.82) is 0 Å². The maximum atomic E-state index is 11.7. The molecule has 2 N–H and O–H groups in total. The lowest BCUT2D eigenvalue weighted by Crippen LogP contribution is -2.50. The molecule has 1 rings (SSSR count). The minimum Gasteiger partial charge on any atom is -0.352 e. The summed E-state index contributed by atoms with van der Waals surface area (Å²) in [4.78, 5) is 11.7. The molecule has 1 aliphatic rings. The number of rotatable bonds is 5. The summed E-state index contributed by atoms with van der Waals surface area (Å²) in [7, 11) is 0. The van der Waals surface area contributed by atoms with Crippen molar-refractivity contribution in [3.05, 3.63) is 0 Å². The van der Waals surface area contributed by atoms with Crippen molar-refractivity contribution in [3.63, 3.8) is 0 Å². The van der Waals surface area contributed by atoms with Crippen LogP contribution in [0.25, 0.3) is 0 Å². The van der Waals surface area contributed by atoms with Crippen LogP contribution in [0.3, 0.4) is 0 Å². The molecule has 0 bridgehead atoms. The van der Waals surface area contributed by atoms with Crippen LogP contribution in [-0.2, 0) is 4.79 Å². The van der Waals surface area contributed by atoms with E-state index in [0.29, 0.717) is 18.4 Å². The molecule has 3 nitrogen and oxygen atoms in total. The highest BCUT2D eigenvalue weighted by atomic mass is 16.1. The molecule has 3 unspecified atom stereocenters. The van der Waals surface area contributed by atoms with Crippen LogP contribution in [-0.4, -0.2) is 24.5 Å². The van der Waals surface area contributed by atoms with Gasteiger partial charge in [0.15, 0.2) is 0 Å². The summed E-state index contributed by atoms with van der Waals surface area (Å²) < 4.78 is 0. The molecule has 0 radical (unpaired) electrons. The highest BCUT2D eigenvalue weighted by Crippen LogP contribution is 2.11. The molecular formula is C13H26N2O. The van der Waals surface area contributed by atoms with E-state index in [1.165, 1.54) is 19.3 Å². The third-order valence-corrected chi connectivity index (χ3v) is 3.57. The first-order chi connectivity index (χ1) is 7.63. The van der Waals surface area contributed by atoms with E-state index in [1.807, 2.05) is 0 Å². The van der Waals surface area contributed by atoms with E-state index in [-0.39, 0.29) is 11.9 Å². The summed E-state index contributed by atoms with van der Waals surface area (Å²) in [6, 6.07) is 0.728. The smallest absolute Gasteiger partial charge is 0.220 e. The molecule has 1 saturated heterocycles. The molecule has 0 spiro atoms. The standard InChI is InChI=1S/C13H26N2O/c1-4-10(2)9-13(16)15-11(3)12-7-5-6-8-14-12/h10-12,14H,4-9H2,1-3H3,(H,15,16). The highest BCUT2D eigenvalue weighted by molar-refractivity contribution is 5.76. The van der Waals surface area contributed by atoms with Gasteiger partial charge in [-0.15, -0.1) is 0 Å². The van der Waals surface area contributed by atoms with Crippen molar-refractivity contribution >= 4 is 5.91 Å². The Balaban J connectivity index is 2.26. The monoisotopic (exact) mass is 226 g/mol. The van der Waals surface area contributed by atoms with Crippen molar-refractivity contribution < 1.29 is 4.79 Å². The number of carbonyl (C=O) groups is 1. The molecule has 0 saturated carbocycles. The van der Waals surface area contributed by atoms with Crippen LogP contribution in [0.15, 0.2) is 0 Å². The summed E-state index contributed by atoms with van der Waals surface area (Å²) in [6.45, 7) is 7.46. The lowest BCUT2D eigenvalue weighted by molar-refractivity contribution is -0.122. The fourth-order valence-corrected chi connectivity index (χ4v) is 2.18. The van der Waals surface area contributed by atoms with E-state index in [0.717, 1.165) is 13.0 Å². The zero-order chi connectivity index (χ0) is 12.0. The Labute approximate surface area is 99.4 Å². The van der Waals surface area contributed by atoms with Gasteiger partial charge in [-0.25, -0.2) is 0 Å². The number of carbonyl (C=O) groups excluding carboxylic acids is 1. The maximum absolute atomic E-state index is 11.7. The van der Waals surface area contributed by atoms with E-state index >= 15 is 0 Å². The predicted molar refractivity (Wildman–Crippen MR) is 67.3 cm³/mol. The largest absolute Gasteiger partial charge is 0.352 e. The van der Waals surface area contributed by atoms with Gasteiger partial charge in [-0.05, 0) is 32.2 Å². The van der Waals surface area contributed by atoms with Crippen LogP contribution < -0.4 is 10.6 Å². The van der Waals surface area contributed by atoms with Gasteiger partial charge in [-0.2, -0.15) is 0 Å². The number of nitrogens with one attached hydrogen (secondary N) is 2. The summed E-state index contributed by atoms with van der Waals surface area (Å²) >= 11 is 0. The SMILES string of the molecule is CCC(C)CC(=O)NC(C)C1CCCCN1. The van der Waals surface area contributed by atoms with E-state index in [1.54, 1.807) is 0 Å². The van der Waals surface area contributed by atoms with E-state index in [2.05, 4.69) is 31.4 Å². The average Bonchev–Trinajstić information content (AvgIpc) is 2.29. The lowest BCUT2D eigenvalue weighted by atomic mass is 9.98. The first-order valence-corrected chi connectivity index (χ1v) is 6.66. The van der Waals surface area contributed by atoms with E-state index < -0.39 is 0 Å². The summed E-state index contributed by atoms with van der Waals surface area (Å²) in [6.07, 6.45) is 5.47. The molecule has 16 heavy (non-hydrogen) atoms. The van der Waals surface area contributed by atoms with Crippen LogP contribution in [0, 0.1) is 5.92 Å². The second kappa shape index (κ2) is 6.89. The second-order valence-corrected chi connectivity index (χ2v) is 5.13. The van der Waals surface area contributed by atoms with Gasteiger partial charge in [-0.1, -0.05) is 26.7 Å². The van der Waals surface area contributed by atoms with Gasteiger partial charge in [0.2, 0.25) is 5.91 Å². The normalized spacial score (nSPS) is 24.8. The van der Waals surface area contributed by atoms with Crippen LogP contribution in [0.4, 0.5) is 0 Å². The van der Waals surface area contributed by atoms with Crippen molar-refractivity contribution in [2.45, 2.75) is 65.0 Å². The van der Waals surface area contributed by atoms with Gasteiger partial charge < -0.3 is 10.6 Å². The lowest BCUT2D eigenvalue weighted by Gasteiger charge is -2.29. The minimum atomic E-state index is 0.203. The van der Waals surface area contributed by atoms with Gasteiger partial charge in [0.25, 0.3) is 0 Å². The summed E-state index contributed by atoms with van der Waals surface area (Å²) in [5, 5.41) is 6.59. The third-order valence-electron chi connectivity index (χ3n) is 3.57. The molecule has 1 fully saturated rings. The Hall–Kier alpha value is -0.570. The molecule has 1 amide bonds. The fourth-order valence-electron chi connectivity index (χ4n) is 2.18. The molecule has 1 heterocycles. The molecule has 0 aromatic rings. The highest BCUT2D eigenvalue weighted by Gasteiger charge is 2.21. The predicted octanol–water partition coefficient (Wildman–Crippen LogP) is 2.07. The minimum absolute atomic E-state index is 0.203. The molecule has 3 atom stereocenters. The molecule has 0 aliphatic carbocycles. The van der Waals surface area contributed by atoms with Crippen molar-refractivity contribution in [2.24, 2.45) is 5.92 Å². The van der Waals surface area contributed by atoms with Gasteiger partial charge in [-0.3, -0.25) is 4.79 Å². The molecule has 0 aromatic heterocycles. The molecule has 0 aromatic carbocycles. The third kappa shape index (κ3) is 4.52. The Morgan fingerprint density at radius 2 is 2.19 bits per heavy atom. The van der Waals surface area contributed by atoms with Crippen molar-refractivity contribution in [2.75, 3.05) is 6.54 Å². The number of piperidine rings is 1. The first-order valence-electron chi connectivity index (χ1n) is 6.66. The van der Waals surface area contributed by atoms with Crippen molar-refractivity contribution in [1.82, 2.24) is 10.6 Å². The molecule has 94 valence electrons. The quantitative estimate of drug-likeness (QED) is 0.753. The number of amides is 1. The second-order valence-electron chi connectivity index (χ2n) is 5.13. The fraction of sp³-hybridized carbons (Fsp3) is 0.923. The number of hydrogen-bond acceptors (Lipinski definition) is 2. The number of hydrogen-bond donors (Lipinski definition) is 2. The van der Waals surface area contributed by atoms with Crippen molar-refractivity contribution in [3.8, 4) is 0 Å². The van der Waals surface area contributed by atoms with Gasteiger partial charge in [0, 0.05) is 18.5 Å². The summed E-state index contributed by atoms with van der Waals surface area (Å²) in [5.74, 6) is 0.695. The van der Waals surface area contributed by atoms with Crippen LogP contribution in [0.1, 0.15) is 52.9 Å². The molecular weight excluding hydrogens is 200 g/mol. The zero-order valence-electron chi connectivity index (χ0n) is 10.9. The Morgan fingerprint density at radius 1 is 1.44 bits per heavy atom. The molecule has 1 aliphatic heterocycles. The van der Waals surface area contributed by atoms with Gasteiger partial charge in [0.05, 0.1) is 0 Å². The van der Waals surface area contributed by atoms with Crippen LogP contribution in [0.5, 0.6) is 0 Å². The Bertz CT molecular complexity index is 212. The van der Waals surface area contributed by atoms with Crippen LogP contribution >= 0.6 is 0 Å². The first kappa shape index (κ1) is 13.5. The van der Waals surface area contributed by atoms with Crippen LogP contribution in [0.2, 0.25) is 0 Å². The topological polar surface area (TPSA) is 41.1 Å². The van der Waals surface area contributed by atoms with Gasteiger partial charge >= 0.3 is 0 Å². The van der Waals surface area contributed by atoms with E-state index in [9.17, 15) is 4.79 Å². The average molecular weight is 226 g/mol.